The Labute approximate surface area is 120 Å². The van der Waals surface area contributed by atoms with Crippen molar-refractivity contribution in [2.24, 2.45) is 0 Å². The molecule has 0 aromatic heterocycles. The van der Waals surface area contributed by atoms with Crippen molar-refractivity contribution in [1.29, 1.82) is 0 Å². The van der Waals surface area contributed by atoms with Crippen molar-refractivity contribution in [2.45, 2.75) is 6.54 Å². The Balaban J connectivity index is 1.92. The van der Waals surface area contributed by atoms with Crippen LogP contribution in [0.2, 0.25) is 5.02 Å². The number of anilines is 1. The number of phenols is 1. The molecule has 0 aliphatic carbocycles. The standard InChI is InChI=1S/C14H12ClFN2O2/c15-10-3-6-13(19)12(7-10)18-14(20)17-8-9-1-4-11(16)5-2-9/h1-7,19H,8H2,(H2,17,18,20). The normalized spacial score (nSPS) is 10.1. The number of aromatic hydroxyl groups is 1. The van der Waals surface area contributed by atoms with Crippen LogP contribution in [0, 0.1) is 5.82 Å². The second-order valence-corrected chi connectivity index (χ2v) is 4.53. The Kier molecular flexibility index (Phi) is 4.42. The lowest BCUT2D eigenvalue weighted by Crippen LogP contribution is -2.28. The van der Waals surface area contributed by atoms with Gasteiger partial charge < -0.3 is 15.7 Å². The summed E-state index contributed by atoms with van der Waals surface area (Å²) in [7, 11) is 0. The molecule has 0 unspecified atom stereocenters. The van der Waals surface area contributed by atoms with Crippen molar-refractivity contribution in [2.75, 3.05) is 5.32 Å². The van der Waals surface area contributed by atoms with Gasteiger partial charge in [-0.05, 0) is 35.9 Å². The third-order valence-corrected chi connectivity index (χ3v) is 2.81. The van der Waals surface area contributed by atoms with Gasteiger partial charge in [0.1, 0.15) is 11.6 Å². The Bertz CT molecular complexity index is 617. The zero-order valence-electron chi connectivity index (χ0n) is 10.4. The van der Waals surface area contributed by atoms with Crippen molar-refractivity contribution in [3.63, 3.8) is 0 Å². The van der Waals surface area contributed by atoms with Crippen LogP contribution in [0.1, 0.15) is 5.56 Å². The van der Waals surface area contributed by atoms with Crippen molar-refractivity contribution in [1.82, 2.24) is 5.32 Å². The van der Waals surface area contributed by atoms with E-state index in [2.05, 4.69) is 10.6 Å². The molecule has 0 aliphatic heterocycles. The number of urea groups is 1. The molecule has 0 radical (unpaired) electrons. The minimum Gasteiger partial charge on any atom is -0.506 e. The van der Waals surface area contributed by atoms with Gasteiger partial charge in [0.25, 0.3) is 0 Å². The van der Waals surface area contributed by atoms with E-state index in [0.717, 1.165) is 5.56 Å². The van der Waals surface area contributed by atoms with Crippen molar-refractivity contribution in [3.8, 4) is 5.75 Å². The predicted octanol–water partition coefficient (Wildman–Crippen LogP) is 3.51. The lowest BCUT2D eigenvalue weighted by Gasteiger charge is -2.09. The van der Waals surface area contributed by atoms with E-state index in [-0.39, 0.29) is 23.8 Å². The average molecular weight is 295 g/mol. The van der Waals surface area contributed by atoms with E-state index in [9.17, 15) is 14.3 Å². The molecule has 2 rings (SSSR count). The summed E-state index contributed by atoms with van der Waals surface area (Å²) in [6.07, 6.45) is 0. The van der Waals surface area contributed by atoms with Crippen LogP contribution in [0.3, 0.4) is 0 Å². The molecular weight excluding hydrogens is 283 g/mol. The van der Waals surface area contributed by atoms with Crippen molar-refractivity contribution >= 4 is 23.3 Å². The van der Waals surface area contributed by atoms with Crippen LogP contribution < -0.4 is 10.6 Å². The lowest BCUT2D eigenvalue weighted by molar-refractivity contribution is 0.251. The smallest absolute Gasteiger partial charge is 0.319 e. The summed E-state index contributed by atoms with van der Waals surface area (Å²) in [5.74, 6) is -0.409. The van der Waals surface area contributed by atoms with Crippen LogP contribution >= 0.6 is 11.6 Å². The molecule has 0 bridgehead atoms. The molecular formula is C14H12ClFN2O2. The Morgan fingerprint density at radius 3 is 2.60 bits per heavy atom. The maximum Gasteiger partial charge on any atom is 0.319 e. The number of carbonyl (C=O) groups excluding carboxylic acids is 1. The zero-order chi connectivity index (χ0) is 14.5. The van der Waals surface area contributed by atoms with Crippen LogP contribution in [-0.4, -0.2) is 11.1 Å². The second kappa shape index (κ2) is 6.25. The number of carbonyl (C=O) groups is 1. The summed E-state index contributed by atoms with van der Waals surface area (Å²) < 4.78 is 12.7. The SMILES string of the molecule is O=C(NCc1ccc(F)cc1)Nc1cc(Cl)ccc1O. The highest BCUT2D eigenvalue weighted by atomic mass is 35.5. The molecule has 20 heavy (non-hydrogen) atoms. The minimum absolute atomic E-state index is 0.0775. The molecule has 2 amide bonds. The van der Waals surface area contributed by atoms with Crippen LogP contribution in [0.5, 0.6) is 5.75 Å². The minimum atomic E-state index is -0.494. The maximum absolute atomic E-state index is 12.7. The van der Waals surface area contributed by atoms with E-state index in [0.29, 0.717) is 5.02 Å². The lowest BCUT2D eigenvalue weighted by atomic mass is 10.2. The van der Waals surface area contributed by atoms with Crippen molar-refractivity contribution in [3.05, 3.63) is 58.9 Å². The van der Waals surface area contributed by atoms with Gasteiger partial charge in [0, 0.05) is 11.6 Å². The monoisotopic (exact) mass is 294 g/mol. The molecule has 4 nitrogen and oxygen atoms in total. The molecule has 3 N–H and O–H groups in total. The molecule has 0 aliphatic rings. The third kappa shape index (κ3) is 3.86. The summed E-state index contributed by atoms with van der Waals surface area (Å²) in [6.45, 7) is 0.243. The van der Waals surface area contributed by atoms with Gasteiger partial charge in [-0.1, -0.05) is 23.7 Å². The molecule has 104 valence electrons. The van der Waals surface area contributed by atoms with E-state index in [1.807, 2.05) is 0 Å². The first-order valence-corrected chi connectivity index (χ1v) is 6.20. The van der Waals surface area contributed by atoms with E-state index < -0.39 is 6.03 Å². The molecule has 6 heteroatoms. The summed E-state index contributed by atoms with van der Waals surface area (Å²) in [5, 5.41) is 15.0. The van der Waals surface area contributed by atoms with E-state index in [1.54, 1.807) is 12.1 Å². The first-order chi connectivity index (χ1) is 9.54. The number of nitrogens with one attached hydrogen (secondary N) is 2. The number of rotatable bonds is 3. The van der Waals surface area contributed by atoms with Crippen LogP contribution in [-0.2, 0) is 6.54 Å². The van der Waals surface area contributed by atoms with Crippen LogP contribution in [0.15, 0.2) is 42.5 Å². The van der Waals surface area contributed by atoms with Gasteiger partial charge in [0.2, 0.25) is 0 Å². The Morgan fingerprint density at radius 2 is 1.90 bits per heavy atom. The van der Waals surface area contributed by atoms with E-state index in [1.165, 1.54) is 30.3 Å². The van der Waals surface area contributed by atoms with Crippen molar-refractivity contribution < 1.29 is 14.3 Å². The summed E-state index contributed by atoms with van der Waals surface area (Å²) in [4.78, 5) is 11.7. The molecule has 2 aromatic rings. The molecule has 2 aromatic carbocycles. The summed E-state index contributed by atoms with van der Waals surface area (Å²) >= 11 is 5.77. The van der Waals surface area contributed by atoms with Gasteiger partial charge in [0.15, 0.2) is 0 Å². The van der Waals surface area contributed by atoms with Gasteiger partial charge in [-0.25, -0.2) is 9.18 Å². The molecule has 0 spiro atoms. The van der Waals surface area contributed by atoms with Gasteiger partial charge in [0.05, 0.1) is 5.69 Å². The number of amides is 2. The number of hydrogen-bond donors (Lipinski definition) is 3. The van der Waals surface area contributed by atoms with Gasteiger partial charge in [-0.15, -0.1) is 0 Å². The second-order valence-electron chi connectivity index (χ2n) is 4.10. The highest BCUT2D eigenvalue weighted by Gasteiger charge is 2.06. The fourth-order valence-corrected chi connectivity index (χ4v) is 1.73. The quantitative estimate of drug-likeness (QED) is 0.759. The molecule has 0 saturated carbocycles. The largest absolute Gasteiger partial charge is 0.506 e. The number of phenolic OH excluding ortho intramolecular Hbond substituents is 1. The zero-order valence-corrected chi connectivity index (χ0v) is 11.1. The number of benzene rings is 2. The average Bonchev–Trinajstić information content (AvgIpc) is 2.42. The molecule has 0 atom stereocenters. The van der Waals surface area contributed by atoms with Gasteiger partial charge >= 0.3 is 6.03 Å². The van der Waals surface area contributed by atoms with Gasteiger partial charge in [-0.2, -0.15) is 0 Å². The maximum atomic E-state index is 12.7. The summed E-state index contributed by atoms with van der Waals surface area (Å²) in [6, 6.07) is 9.63. The highest BCUT2D eigenvalue weighted by molar-refractivity contribution is 6.31. The third-order valence-electron chi connectivity index (χ3n) is 2.57. The highest BCUT2D eigenvalue weighted by Crippen LogP contribution is 2.26. The fraction of sp³-hybridized carbons (Fsp3) is 0.0714. The number of halogens is 2. The first-order valence-electron chi connectivity index (χ1n) is 5.82. The Morgan fingerprint density at radius 1 is 1.20 bits per heavy atom. The first kappa shape index (κ1) is 14.1. The van der Waals surface area contributed by atoms with Crippen LogP contribution in [0.4, 0.5) is 14.9 Å². The summed E-state index contributed by atoms with van der Waals surface area (Å²) in [5.41, 5.74) is 0.978. The van der Waals surface area contributed by atoms with Crippen LogP contribution in [0.25, 0.3) is 0 Å². The Hall–Kier alpha value is -2.27. The van der Waals surface area contributed by atoms with Gasteiger partial charge in [-0.3, -0.25) is 0 Å². The molecule has 0 fully saturated rings. The molecule has 0 saturated heterocycles. The topological polar surface area (TPSA) is 61.4 Å². The molecule has 0 heterocycles. The fourth-order valence-electron chi connectivity index (χ4n) is 1.56. The van der Waals surface area contributed by atoms with E-state index in [4.69, 9.17) is 11.6 Å². The number of hydrogen-bond acceptors (Lipinski definition) is 2. The predicted molar refractivity (Wildman–Crippen MR) is 75.4 cm³/mol. The van der Waals surface area contributed by atoms with E-state index >= 15 is 0 Å².